The minimum absolute atomic E-state index is 0.143. The SMILES string of the molecule is CC(C)Cn1nc(N2CCN(C)CC2)c2cnc(-c3[nH]ncc3NC(=O)N3CCC(O)CC34CC4)cc21. The molecule has 11 nitrogen and oxygen atoms in total. The zero-order chi connectivity index (χ0) is 25.7. The lowest BCUT2D eigenvalue weighted by atomic mass is 9.98. The molecule has 6 rings (SSSR count). The number of nitrogens with zero attached hydrogens (tertiary/aromatic N) is 7. The van der Waals surface area contributed by atoms with Crippen LogP contribution in [-0.4, -0.2) is 97.3 Å². The third-order valence-corrected chi connectivity index (χ3v) is 8.04. The van der Waals surface area contributed by atoms with Crippen LogP contribution >= 0.6 is 0 Å². The van der Waals surface area contributed by atoms with Gasteiger partial charge in [-0.15, -0.1) is 0 Å². The number of carbonyl (C=O) groups is 1. The number of H-pyrrole nitrogens is 1. The molecule has 2 aliphatic heterocycles. The molecule has 0 radical (unpaired) electrons. The maximum atomic E-state index is 13.2. The van der Waals surface area contributed by atoms with Crippen molar-refractivity contribution in [3.63, 3.8) is 0 Å². The van der Waals surface area contributed by atoms with Crippen LogP contribution in [0.5, 0.6) is 0 Å². The third kappa shape index (κ3) is 4.54. The average Bonchev–Trinajstić information content (AvgIpc) is 3.30. The number of hydrogen-bond acceptors (Lipinski definition) is 7. The summed E-state index contributed by atoms with van der Waals surface area (Å²) < 4.78 is 2.09. The number of aliphatic hydroxyl groups excluding tert-OH is 1. The van der Waals surface area contributed by atoms with E-state index in [2.05, 4.69) is 50.9 Å². The molecule has 1 atom stereocenters. The standard InChI is InChI=1S/C26H37N9O2/c1-17(2)16-35-22-12-20(27-14-19(22)24(31-35)33-10-8-32(3)9-11-33)23-21(15-28-30-23)29-25(37)34-7-4-18(36)13-26(34)5-6-26/h12,14-15,17-18,36H,4-11,13,16H2,1-3H3,(H,28,30)(H,29,37). The number of urea groups is 1. The lowest BCUT2D eigenvalue weighted by Crippen LogP contribution is -2.51. The van der Waals surface area contributed by atoms with E-state index in [4.69, 9.17) is 10.1 Å². The van der Waals surface area contributed by atoms with Crippen LogP contribution in [0.15, 0.2) is 18.5 Å². The number of amides is 2. The van der Waals surface area contributed by atoms with Gasteiger partial charge in [-0.05, 0) is 44.7 Å². The number of piperidine rings is 1. The highest BCUT2D eigenvalue weighted by Crippen LogP contribution is 2.48. The normalized spacial score (nSPS) is 21.8. The second-order valence-corrected chi connectivity index (χ2v) is 11.4. The van der Waals surface area contributed by atoms with Crippen LogP contribution in [0.2, 0.25) is 0 Å². The number of pyridine rings is 1. The third-order valence-electron chi connectivity index (χ3n) is 8.04. The molecule has 3 fully saturated rings. The number of hydrogen-bond donors (Lipinski definition) is 3. The number of likely N-dealkylation sites (N-methyl/N-ethyl adjacent to an activating group) is 1. The first kappa shape index (κ1) is 24.2. The minimum atomic E-state index is -0.321. The van der Waals surface area contributed by atoms with Crippen molar-refractivity contribution in [2.24, 2.45) is 5.92 Å². The summed E-state index contributed by atoms with van der Waals surface area (Å²) in [5.41, 5.74) is 2.83. The van der Waals surface area contributed by atoms with Gasteiger partial charge in [0.15, 0.2) is 5.82 Å². The highest BCUT2D eigenvalue weighted by molar-refractivity contribution is 5.96. The molecular weight excluding hydrogens is 470 g/mol. The zero-order valence-corrected chi connectivity index (χ0v) is 21.9. The first-order chi connectivity index (χ1) is 17.8. The Morgan fingerprint density at radius 2 is 2.00 bits per heavy atom. The van der Waals surface area contributed by atoms with E-state index in [1.54, 1.807) is 6.20 Å². The molecule has 0 aromatic carbocycles. The van der Waals surface area contributed by atoms with Gasteiger partial charge in [0.05, 0.1) is 34.6 Å². The van der Waals surface area contributed by atoms with Crippen molar-refractivity contribution in [1.82, 2.24) is 34.8 Å². The molecule has 3 aliphatic rings. The maximum absolute atomic E-state index is 13.2. The number of nitrogens with one attached hydrogen (secondary N) is 2. The number of aromatic nitrogens is 5. The van der Waals surface area contributed by atoms with Gasteiger partial charge >= 0.3 is 6.03 Å². The van der Waals surface area contributed by atoms with Gasteiger partial charge in [0.25, 0.3) is 0 Å². The lowest BCUT2D eigenvalue weighted by Gasteiger charge is -2.38. The Kier molecular flexibility index (Phi) is 6.07. The number of rotatable bonds is 5. The Labute approximate surface area is 216 Å². The molecular formula is C26H37N9O2. The quantitative estimate of drug-likeness (QED) is 0.486. The van der Waals surface area contributed by atoms with Gasteiger partial charge < -0.3 is 25.1 Å². The Bertz CT molecular complexity index is 1290. The Hall–Kier alpha value is -3.18. The van der Waals surface area contributed by atoms with E-state index in [9.17, 15) is 9.90 Å². The van der Waals surface area contributed by atoms with Gasteiger partial charge in [0, 0.05) is 51.0 Å². The number of fused-ring (bicyclic) bond motifs is 1. The zero-order valence-electron chi connectivity index (χ0n) is 21.9. The van der Waals surface area contributed by atoms with Crippen LogP contribution in [0.25, 0.3) is 22.3 Å². The molecule has 0 bridgehead atoms. The summed E-state index contributed by atoms with van der Waals surface area (Å²) in [6, 6.07) is 1.91. The van der Waals surface area contributed by atoms with E-state index < -0.39 is 0 Å². The largest absolute Gasteiger partial charge is 0.393 e. The predicted molar refractivity (Wildman–Crippen MR) is 143 cm³/mol. The first-order valence-electron chi connectivity index (χ1n) is 13.4. The van der Waals surface area contributed by atoms with Crippen LogP contribution in [-0.2, 0) is 6.54 Å². The van der Waals surface area contributed by atoms with Gasteiger partial charge in [0.2, 0.25) is 0 Å². The Morgan fingerprint density at radius 3 is 2.73 bits per heavy atom. The van der Waals surface area contributed by atoms with E-state index in [0.717, 1.165) is 62.3 Å². The molecule has 1 unspecified atom stereocenters. The number of anilines is 2. The van der Waals surface area contributed by atoms with Crippen LogP contribution in [0, 0.1) is 5.92 Å². The molecule has 11 heteroatoms. The van der Waals surface area contributed by atoms with Gasteiger partial charge in [-0.3, -0.25) is 14.8 Å². The highest BCUT2D eigenvalue weighted by Gasteiger charge is 2.53. The smallest absolute Gasteiger partial charge is 0.322 e. The summed E-state index contributed by atoms with van der Waals surface area (Å²) in [4.78, 5) is 24.6. The van der Waals surface area contributed by atoms with Crippen LogP contribution < -0.4 is 10.2 Å². The molecule has 3 aromatic rings. The number of aromatic amines is 1. The number of likely N-dealkylation sites (tertiary alicyclic amines) is 1. The fourth-order valence-corrected chi connectivity index (χ4v) is 5.79. The first-order valence-corrected chi connectivity index (χ1v) is 13.4. The Balaban J connectivity index is 1.29. The summed E-state index contributed by atoms with van der Waals surface area (Å²) in [5, 5.41) is 26.5. The van der Waals surface area contributed by atoms with Crippen molar-refractivity contribution in [3.8, 4) is 11.4 Å². The topological polar surface area (TPSA) is 118 Å². The van der Waals surface area contributed by atoms with Crippen LogP contribution in [0.3, 0.4) is 0 Å². The van der Waals surface area contributed by atoms with E-state index in [0.29, 0.717) is 42.4 Å². The summed E-state index contributed by atoms with van der Waals surface area (Å²) in [6.07, 6.45) is 6.39. The van der Waals surface area contributed by atoms with Gasteiger partial charge in [-0.1, -0.05) is 13.8 Å². The second-order valence-electron chi connectivity index (χ2n) is 11.4. The van der Waals surface area contributed by atoms with Gasteiger partial charge in [0.1, 0.15) is 5.69 Å². The molecule has 1 spiro atoms. The summed E-state index contributed by atoms with van der Waals surface area (Å²) in [5.74, 6) is 1.43. The minimum Gasteiger partial charge on any atom is -0.393 e. The predicted octanol–water partition coefficient (Wildman–Crippen LogP) is 2.75. The van der Waals surface area contributed by atoms with E-state index >= 15 is 0 Å². The molecule has 1 aliphatic carbocycles. The monoisotopic (exact) mass is 507 g/mol. The molecule has 3 aromatic heterocycles. The Morgan fingerprint density at radius 1 is 1.22 bits per heavy atom. The maximum Gasteiger partial charge on any atom is 0.322 e. The van der Waals surface area contributed by atoms with Crippen molar-refractivity contribution in [2.45, 2.75) is 57.7 Å². The number of carbonyl (C=O) groups excluding carboxylic acids is 1. The van der Waals surface area contributed by atoms with E-state index in [-0.39, 0.29) is 17.7 Å². The average molecular weight is 508 g/mol. The molecule has 3 N–H and O–H groups in total. The molecule has 37 heavy (non-hydrogen) atoms. The van der Waals surface area contributed by atoms with Crippen LogP contribution in [0.4, 0.5) is 16.3 Å². The van der Waals surface area contributed by atoms with Gasteiger partial charge in [-0.25, -0.2) is 4.79 Å². The molecule has 1 saturated carbocycles. The van der Waals surface area contributed by atoms with E-state index in [1.165, 1.54) is 0 Å². The summed E-state index contributed by atoms with van der Waals surface area (Å²) >= 11 is 0. The van der Waals surface area contributed by atoms with Crippen LogP contribution in [0.1, 0.15) is 39.5 Å². The highest BCUT2D eigenvalue weighted by atomic mass is 16.3. The second kappa shape index (κ2) is 9.29. The molecule has 198 valence electrons. The lowest BCUT2D eigenvalue weighted by molar-refractivity contribution is 0.0527. The number of piperazine rings is 1. The van der Waals surface area contributed by atoms with E-state index in [1.807, 2.05) is 17.2 Å². The van der Waals surface area contributed by atoms with Crippen molar-refractivity contribution < 1.29 is 9.90 Å². The fraction of sp³-hybridized carbons (Fsp3) is 0.615. The van der Waals surface area contributed by atoms with Crippen molar-refractivity contribution >= 4 is 28.4 Å². The van der Waals surface area contributed by atoms with Crippen molar-refractivity contribution in [3.05, 3.63) is 18.5 Å². The van der Waals surface area contributed by atoms with Crippen molar-refractivity contribution in [1.29, 1.82) is 0 Å². The summed E-state index contributed by atoms with van der Waals surface area (Å²) in [6.45, 7) is 9.67. The fourth-order valence-electron chi connectivity index (χ4n) is 5.79. The van der Waals surface area contributed by atoms with Crippen molar-refractivity contribution in [2.75, 3.05) is 50.0 Å². The molecule has 2 amide bonds. The molecule has 5 heterocycles. The van der Waals surface area contributed by atoms with Gasteiger partial charge in [-0.2, -0.15) is 10.2 Å². The summed E-state index contributed by atoms with van der Waals surface area (Å²) in [7, 11) is 2.15. The molecule has 2 saturated heterocycles. The number of aliphatic hydroxyl groups is 1.